The quantitative estimate of drug-likeness (QED) is 0.332. The predicted octanol–water partition coefficient (Wildman–Crippen LogP) is 5.49. The van der Waals surface area contributed by atoms with Crippen LogP contribution >= 0.6 is 0 Å². The van der Waals surface area contributed by atoms with Crippen molar-refractivity contribution in [1.82, 2.24) is 14.6 Å². The standard InChI is InChI=1S/C30H37N5O4/c1-20(2)13-14-35-26-15-24(31-27(36)21-9-7-6-8-10-21)11-12-25(26)32-28(35)33-16-22-18-34(19-23(22)17-33)39-29(37)38-30(3,4)5/h6-13,15,22-23H,14,16-19H2,1-5H3,(H,31,36). The van der Waals surface area contributed by atoms with E-state index in [-0.39, 0.29) is 5.91 Å². The fourth-order valence-corrected chi connectivity index (χ4v) is 5.24. The Hall–Kier alpha value is -3.85. The van der Waals surface area contributed by atoms with Crippen LogP contribution in [0, 0.1) is 11.8 Å². The molecule has 3 heterocycles. The van der Waals surface area contributed by atoms with Crippen molar-refractivity contribution in [3.8, 4) is 0 Å². The third kappa shape index (κ3) is 6.25. The summed E-state index contributed by atoms with van der Waals surface area (Å²) in [4.78, 5) is 37.7. The van der Waals surface area contributed by atoms with E-state index >= 15 is 0 Å². The number of hydrogen-bond donors (Lipinski definition) is 1. The first-order valence-electron chi connectivity index (χ1n) is 13.5. The summed E-state index contributed by atoms with van der Waals surface area (Å²) in [5, 5.41) is 4.75. The number of aromatic nitrogens is 2. The van der Waals surface area contributed by atoms with Crippen molar-refractivity contribution in [1.29, 1.82) is 0 Å². The number of imidazole rings is 1. The van der Waals surface area contributed by atoms with Gasteiger partial charge in [0.2, 0.25) is 5.95 Å². The third-order valence-corrected chi connectivity index (χ3v) is 7.03. The van der Waals surface area contributed by atoms with Gasteiger partial charge in [0.15, 0.2) is 0 Å². The number of hydroxylamine groups is 2. The van der Waals surface area contributed by atoms with E-state index in [9.17, 15) is 9.59 Å². The van der Waals surface area contributed by atoms with Gasteiger partial charge in [-0.3, -0.25) is 4.79 Å². The van der Waals surface area contributed by atoms with Gasteiger partial charge in [0.25, 0.3) is 5.91 Å². The van der Waals surface area contributed by atoms with E-state index in [2.05, 4.69) is 34.7 Å². The smallest absolute Gasteiger partial charge is 0.427 e. The lowest BCUT2D eigenvalue weighted by Crippen LogP contribution is -2.34. The third-order valence-electron chi connectivity index (χ3n) is 7.03. The Balaban J connectivity index is 1.33. The van der Waals surface area contributed by atoms with E-state index in [4.69, 9.17) is 14.6 Å². The highest BCUT2D eigenvalue weighted by molar-refractivity contribution is 6.05. The molecular formula is C30H37N5O4. The molecule has 2 aromatic carbocycles. The van der Waals surface area contributed by atoms with E-state index in [1.165, 1.54) is 5.57 Å². The Morgan fingerprint density at radius 3 is 2.36 bits per heavy atom. The van der Waals surface area contributed by atoms with E-state index in [1.54, 1.807) is 17.2 Å². The zero-order chi connectivity index (χ0) is 27.7. The van der Waals surface area contributed by atoms with Crippen LogP contribution in [0.5, 0.6) is 0 Å². The maximum Gasteiger partial charge on any atom is 0.528 e. The summed E-state index contributed by atoms with van der Waals surface area (Å²) in [6.45, 7) is 13.3. The molecule has 2 aliphatic rings. The molecule has 2 atom stereocenters. The second-order valence-corrected chi connectivity index (χ2v) is 11.7. The number of allylic oxidation sites excluding steroid dienone is 2. The van der Waals surface area contributed by atoms with Gasteiger partial charge in [-0.15, -0.1) is 5.06 Å². The van der Waals surface area contributed by atoms with Crippen molar-refractivity contribution in [3.05, 3.63) is 65.7 Å². The second kappa shape index (κ2) is 10.7. The predicted molar refractivity (Wildman–Crippen MR) is 152 cm³/mol. The number of rotatable bonds is 6. The fraction of sp³-hybridized carbons (Fsp3) is 0.433. The van der Waals surface area contributed by atoms with Crippen LogP contribution in [0.1, 0.15) is 45.0 Å². The van der Waals surface area contributed by atoms with E-state index in [0.717, 1.165) is 35.8 Å². The average molecular weight is 532 g/mol. The fourth-order valence-electron chi connectivity index (χ4n) is 5.24. The number of carbonyl (C=O) groups is 2. The van der Waals surface area contributed by atoms with Crippen LogP contribution in [0.3, 0.4) is 0 Å². The molecule has 1 aromatic heterocycles. The zero-order valence-corrected chi connectivity index (χ0v) is 23.3. The Bertz CT molecular complexity index is 1370. The number of anilines is 2. The van der Waals surface area contributed by atoms with E-state index in [0.29, 0.717) is 37.0 Å². The van der Waals surface area contributed by atoms with Gasteiger partial charge in [0.05, 0.1) is 11.0 Å². The molecular weight excluding hydrogens is 494 g/mol. The van der Waals surface area contributed by atoms with Gasteiger partial charge in [0, 0.05) is 44.0 Å². The highest BCUT2D eigenvalue weighted by atomic mass is 16.8. The van der Waals surface area contributed by atoms with Crippen molar-refractivity contribution in [2.75, 3.05) is 36.4 Å². The van der Waals surface area contributed by atoms with Crippen LogP contribution in [-0.4, -0.2) is 58.5 Å². The zero-order valence-electron chi connectivity index (χ0n) is 23.3. The van der Waals surface area contributed by atoms with Crippen molar-refractivity contribution >= 4 is 34.7 Å². The first-order valence-corrected chi connectivity index (χ1v) is 13.5. The molecule has 0 bridgehead atoms. The molecule has 1 amide bonds. The average Bonchev–Trinajstić information content (AvgIpc) is 3.53. The van der Waals surface area contributed by atoms with Crippen molar-refractivity contribution in [2.24, 2.45) is 11.8 Å². The second-order valence-electron chi connectivity index (χ2n) is 11.7. The van der Waals surface area contributed by atoms with Gasteiger partial charge in [0.1, 0.15) is 5.60 Å². The molecule has 1 N–H and O–H groups in total. The lowest BCUT2D eigenvalue weighted by atomic mass is 10.0. The molecule has 2 saturated heterocycles. The molecule has 2 unspecified atom stereocenters. The highest BCUT2D eigenvalue weighted by Crippen LogP contribution is 2.36. The molecule has 3 aromatic rings. The number of amides is 1. The van der Waals surface area contributed by atoms with Crippen LogP contribution in [0.2, 0.25) is 0 Å². The molecule has 2 aliphatic heterocycles. The number of fused-ring (bicyclic) bond motifs is 2. The van der Waals surface area contributed by atoms with Crippen LogP contribution in [-0.2, 0) is 16.1 Å². The molecule has 39 heavy (non-hydrogen) atoms. The highest BCUT2D eigenvalue weighted by Gasteiger charge is 2.43. The number of nitrogens with one attached hydrogen (secondary N) is 1. The molecule has 0 aliphatic carbocycles. The molecule has 0 spiro atoms. The largest absolute Gasteiger partial charge is 0.528 e. The first kappa shape index (κ1) is 26.7. The van der Waals surface area contributed by atoms with E-state index < -0.39 is 11.8 Å². The lowest BCUT2D eigenvalue weighted by molar-refractivity contribution is -0.133. The number of ether oxygens (including phenoxy) is 1. The SMILES string of the molecule is CC(C)=CCn1c(N2CC3CN(OC(=O)OC(C)(C)C)CC3C2)nc2ccc(NC(=O)c3ccccc3)cc21. The Morgan fingerprint density at radius 1 is 1.03 bits per heavy atom. The van der Waals surface area contributed by atoms with Gasteiger partial charge >= 0.3 is 6.16 Å². The molecule has 0 saturated carbocycles. The van der Waals surface area contributed by atoms with Crippen LogP contribution in [0.25, 0.3) is 11.0 Å². The number of hydrogen-bond acceptors (Lipinski definition) is 7. The lowest BCUT2D eigenvalue weighted by Gasteiger charge is -2.24. The molecule has 5 rings (SSSR count). The summed E-state index contributed by atoms with van der Waals surface area (Å²) in [7, 11) is 0. The summed E-state index contributed by atoms with van der Waals surface area (Å²) in [6.07, 6.45) is 1.53. The van der Waals surface area contributed by atoms with Crippen molar-refractivity contribution in [2.45, 2.75) is 46.8 Å². The first-order chi connectivity index (χ1) is 18.6. The molecule has 0 radical (unpaired) electrons. The van der Waals surface area contributed by atoms with Gasteiger partial charge < -0.3 is 24.4 Å². The molecule has 9 heteroatoms. The maximum atomic E-state index is 12.7. The van der Waals surface area contributed by atoms with Gasteiger partial charge in [-0.05, 0) is 76.8 Å². The van der Waals surface area contributed by atoms with E-state index in [1.807, 2.05) is 57.2 Å². The number of carbonyl (C=O) groups excluding carboxylic acids is 2. The monoisotopic (exact) mass is 531 g/mol. The minimum atomic E-state index is -0.655. The number of benzene rings is 2. The van der Waals surface area contributed by atoms with Gasteiger partial charge in [-0.25, -0.2) is 9.78 Å². The summed E-state index contributed by atoms with van der Waals surface area (Å²) in [6, 6.07) is 15.1. The Kier molecular flexibility index (Phi) is 7.36. The summed E-state index contributed by atoms with van der Waals surface area (Å²) >= 11 is 0. The minimum Gasteiger partial charge on any atom is -0.427 e. The minimum absolute atomic E-state index is 0.143. The van der Waals surface area contributed by atoms with Crippen LogP contribution in [0.4, 0.5) is 16.4 Å². The summed E-state index contributed by atoms with van der Waals surface area (Å²) < 4.78 is 7.53. The molecule has 206 valence electrons. The van der Waals surface area contributed by atoms with Crippen molar-refractivity contribution in [3.63, 3.8) is 0 Å². The van der Waals surface area contributed by atoms with Crippen LogP contribution in [0.15, 0.2) is 60.2 Å². The Morgan fingerprint density at radius 2 is 1.72 bits per heavy atom. The molecule has 2 fully saturated rings. The van der Waals surface area contributed by atoms with Crippen LogP contribution < -0.4 is 10.2 Å². The summed E-state index contributed by atoms with van der Waals surface area (Å²) in [5.41, 5.74) is 3.85. The molecule has 9 nitrogen and oxygen atoms in total. The topological polar surface area (TPSA) is 88.9 Å². The van der Waals surface area contributed by atoms with Gasteiger partial charge in [-0.1, -0.05) is 29.8 Å². The Labute approximate surface area is 229 Å². The summed E-state index contributed by atoms with van der Waals surface area (Å²) in [5.74, 6) is 1.51. The van der Waals surface area contributed by atoms with Gasteiger partial charge in [-0.2, -0.15) is 0 Å². The van der Waals surface area contributed by atoms with Crippen molar-refractivity contribution < 1.29 is 19.2 Å². The number of nitrogens with zero attached hydrogens (tertiary/aromatic N) is 4. The maximum absolute atomic E-state index is 12.7. The normalized spacial score (nSPS) is 19.2.